The van der Waals surface area contributed by atoms with Crippen LogP contribution in [0.15, 0.2) is 42.5 Å². The number of halogens is 1. The van der Waals surface area contributed by atoms with Crippen molar-refractivity contribution in [1.29, 1.82) is 5.26 Å². The molecule has 1 heterocycles. The Morgan fingerprint density at radius 1 is 1.12 bits per heavy atom. The summed E-state index contributed by atoms with van der Waals surface area (Å²) in [7, 11) is 1.57. The molecular weight excluding hydrogens is 307 g/mol. The third-order valence-corrected chi connectivity index (χ3v) is 3.44. The number of benzene rings is 2. The Morgan fingerprint density at radius 2 is 1.88 bits per heavy atom. The topological polar surface area (TPSA) is 74.6 Å². The van der Waals surface area contributed by atoms with Crippen molar-refractivity contribution in [1.82, 2.24) is 15.4 Å². The highest BCUT2D eigenvalue weighted by atomic mass is 19.1. The molecule has 3 aromatic rings. The maximum Gasteiger partial charge on any atom is 0.163 e. The van der Waals surface area contributed by atoms with E-state index < -0.39 is 0 Å². The molecule has 1 N–H and O–H groups in total. The van der Waals surface area contributed by atoms with Crippen molar-refractivity contribution < 1.29 is 9.13 Å². The average molecular weight is 320 g/mol. The Balaban J connectivity index is 1.98. The Morgan fingerprint density at radius 3 is 2.58 bits per heavy atom. The second-order valence-electron chi connectivity index (χ2n) is 5.03. The molecule has 6 heteroatoms. The summed E-state index contributed by atoms with van der Waals surface area (Å²) in [4.78, 5) is 0. The fraction of sp³-hybridized carbons (Fsp3) is 0.0556. The van der Waals surface area contributed by atoms with Gasteiger partial charge in [-0.3, -0.25) is 0 Å². The molecular formula is C18H13FN4O. The first-order chi connectivity index (χ1) is 11.7. The Kier molecular flexibility index (Phi) is 4.34. The van der Waals surface area contributed by atoms with E-state index >= 15 is 0 Å². The van der Waals surface area contributed by atoms with Gasteiger partial charge in [-0.15, -0.1) is 5.10 Å². The number of nitriles is 1. The molecule has 1 aromatic heterocycles. The minimum absolute atomic E-state index is 0.272. The van der Waals surface area contributed by atoms with Crippen LogP contribution < -0.4 is 4.74 Å². The summed E-state index contributed by atoms with van der Waals surface area (Å²) in [5.41, 5.74) is 3.21. The summed E-state index contributed by atoms with van der Waals surface area (Å²) in [6.45, 7) is 0. The van der Waals surface area contributed by atoms with Gasteiger partial charge in [0.05, 0.1) is 7.11 Å². The highest BCUT2D eigenvalue weighted by Gasteiger charge is 2.11. The predicted molar refractivity (Wildman–Crippen MR) is 88.4 cm³/mol. The number of ether oxygens (including phenoxy) is 1. The van der Waals surface area contributed by atoms with E-state index in [0.29, 0.717) is 11.4 Å². The zero-order valence-corrected chi connectivity index (χ0v) is 12.8. The van der Waals surface area contributed by atoms with Crippen molar-refractivity contribution in [3.05, 3.63) is 65.1 Å². The molecule has 0 bridgehead atoms. The van der Waals surface area contributed by atoms with Crippen molar-refractivity contribution in [2.75, 3.05) is 7.11 Å². The van der Waals surface area contributed by atoms with Crippen molar-refractivity contribution in [2.24, 2.45) is 0 Å². The molecule has 24 heavy (non-hydrogen) atoms. The highest BCUT2D eigenvalue weighted by Crippen LogP contribution is 2.27. The summed E-state index contributed by atoms with van der Waals surface area (Å²) in [6, 6.07) is 13.7. The van der Waals surface area contributed by atoms with Crippen LogP contribution in [0.1, 0.15) is 16.8 Å². The van der Waals surface area contributed by atoms with Crippen LogP contribution in [-0.4, -0.2) is 22.5 Å². The summed E-state index contributed by atoms with van der Waals surface area (Å²) in [6.07, 6.45) is 3.75. The third kappa shape index (κ3) is 3.31. The van der Waals surface area contributed by atoms with E-state index in [1.54, 1.807) is 25.3 Å². The van der Waals surface area contributed by atoms with E-state index in [1.165, 1.54) is 12.1 Å². The first kappa shape index (κ1) is 15.4. The van der Waals surface area contributed by atoms with E-state index in [2.05, 4.69) is 15.4 Å². The van der Waals surface area contributed by atoms with Gasteiger partial charge in [-0.2, -0.15) is 5.26 Å². The van der Waals surface area contributed by atoms with Crippen molar-refractivity contribution in [3.63, 3.8) is 0 Å². The normalized spacial score (nSPS) is 10.7. The molecule has 3 rings (SSSR count). The van der Waals surface area contributed by atoms with Crippen LogP contribution in [0.25, 0.3) is 23.4 Å². The van der Waals surface area contributed by atoms with Gasteiger partial charge in [0.15, 0.2) is 5.69 Å². The maximum atomic E-state index is 12.9. The van der Waals surface area contributed by atoms with Gasteiger partial charge in [0.25, 0.3) is 0 Å². The first-order valence-electron chi connectivity index (χ1n) is 7.14. The van der Waals surface area contributed by atoms with Gasteiger partial charge < -0.3 is 4.74 Å². The van der Waals surface area contributed by atoms with E-state index in [9.17, 15) is 4.39 Å². The second-order valence-corrected chi connectivity index (χ2v) is 5.03. The first-order valence-corrected chi connectivity index (χ1v) is 7.14. The van der Waals surface area contributed by atoms with Gasteiger partial charge in [-0.1, -0.05) is 29.5 Å². The molecule has 0 unspecified atom stereocenters. The van der Waals surface area contributed by atoms with Crippen LogP contribution in [0.4, 0.5) is 4.39 Å². The largest absolute Gasteiger partial charge is 0.497 e. The molecule has 118 valence electrons. The molecule has 2 aromatic carbocycles. The molecule has 0 saturated carbocycles. The molecule has 0 aliphatic rings. The smallest absolute Gasteiger partial charge is 0.163 e. The predicted octanol–water partition coefficient (Wildman–Crippen LogP) is 3.66. The monoisotopic (exact) mass is 320 g/mol. The molecule has 0 atom stereocenters. The van der Waals surface area contributed by atoms with Crippen LogP contribution in [-0.2, 0) is 0 Å². The maximum absolute atomic E-state index is 12.9. The van der Waals surface area contributed by atoms with Crippen LogP contribution >= 0.6 is 0 Å². The molecule has 0 saturated heterocycles. The van der Waals surface area contributed by atoms with Gasteiger partial charge in [0, 0.05) is 5.56 Å². The molecule has 0 spiro atoms. The lowest BCUT2D eigenvalue weighted by molar-refractivity contribution is 0.415. The number of hydrogen-bond donors (Lipinski definition) is 1. The Bertz CT molecular complexity index is 923. The second kappa shape index (κ2) is 6.75. The number of rotatable bonds is 4. The molecule has 0 aliphatic carbocycles. The number of hydrogen-bond acceptors (Lipinski definition) is 4. The fourth-order valence-corrected chi connectivity index (χ4v) is 2.25. The standard InChI is InChI=1S/C18H13FN4O/c1-24-16-9-13(3-2-12-4-6-15(19)7-5-12)8-14(10-16)18-17(11-20)21-23-22-18/h2-10H,1H3,(H,21,22,23)/b3-2+. The lowest BCUT2D eigenvalue weighted by Gasteiger charge is -2.05. The molecule has 5 nitrogen and oxygen atoms in total. The van der Waals surface area contributed by atoms with Crippen molar-refractivity contribution >= 4 is 12.2 Å². The molecule has 0 aliphatic heterocycles. The molecule has 0 radical (unpaired) electrons. The van der Waals surface area contributed by atoms with Crippen molar-refractivity contribution in [2.45, 2.75) is 0 Å². The quantitative estimate of drug-likeness (QED) is 0.744. The SMILES string of the molecule is COc1cc(/C=C/c2ccc(F)cc2)cc(-c2nn[nH]c2C#N)c1. The van der Waals surface area contributed by atoms with Gasteiger partial charge in [-0.25, -0.2) is 9.49 Å². The van der Waals surface area contributed by atoms with E-state index in [1.807, 2.05) is 30.4 Å². The van der Waals surface area contributed by atoms with Crippen LogP contribution in [0.5, 0.6) is 5.75 Å². The summed E-state index contributed by atoms with van der Waals surface area (Å²) in [5, 5.41) is 19.3. The van der Waals surface area contributed by atoms with E-state index in [4.69, 9.17) is 10.00 Å². The van der Waals surface area contributed by atoms with Crippen LogP contribution in [0.3, 0.4) is 0 Å². The fourth-order valence-electron chi connectivity index (χ4n) is 2.25. The minimum Gasteiger partial charge on any atom is -0.497 e. The summed E-state index contributed by atoms with van der Waals surface area (Å²) >= 11 is 0. The number of aromatic amines is 1. The highest BCUT2D eigenvalue weighted by molar-refractivity contribution is 5.75. The third-order valence-electron chi connectivity index (χ3n) is 3.44. The van der Waals surface area contributed by atoms with Crippen molar-refractivity contribution in [3.8, 4) is 23.1 Å². The summed E-state index contributed by atoms with van der Waals surface area (Å²) in [5.74, 6) is 0.365. The van der Waals surface area contributed by atoms with Crippen LogP contribution in [0.2, 0.25) is 0 Å². The van der Waals surface area contributed by atoms with Crippen LogP contribution in [0, 0.1) is 17.1 Å². The number of H-pyrrole nitrogens is 1. The number of aromatic nitrogens is 3. The Labute approximate surface area is 138 Å². The number of nitrogens with one attached hydrogen (secondary N) is 1. The lowest BCUT2D eigenvalue weighted by Crippen LogP contribution is -1.88. The zero-order chi connectivity index (χ0) is 16.9. The number of methoxy groups -OCH3 is 1. The average Bonchev–Trinajstić information content (AvgIpc) is 3.09. The molecule has 0 fully saturated rings. The van der Waals surface area contributed by atoms with Gasteiger partial charge >= 0.3 is 0 Å². The lowest BCUT2D eigenvalue weighted by atomic mass is 10.0. The number of nitrogens with zero attached hydrogens (tertiary/aromatic N) is 3. The van der Waals surface area contributed by atoms with E-state index in [0.717, 1.165) is 16.7 Å². The van der Waals surface area contributed by atoms with Gasteiger partial charge in [0.2, 0.25) is 0 Å². The minimum atomic E-state index is -0.272. The summed E-state index contributed by atoms with van der Waals surface area (Å²) < 4.78 is 18.3. The zero-order valence-electron chi connectivity index (χ0n) is 12.8. The Hall–Kier alpha value is -3.46. The molecule has 0 amide bonds. The van der Waals surface area contributed by atoms with Gasteiger partial charge in [0.1, 0.15) is 23.3 Å². The van der Waals surface area contributed by atoms with E-state index in [-0.39, 0.29) is 11.5 Å². The van der Waals surface area contributed by atoms with Gasteiger partial charge in [-0.05, 0) is 41.5 Å².